The minimum absolute atomic E-state index is 0.105. The molecule has 0 bridgehead atoms. The fraction of sp³-hybridized carbons (Fsp3) is 0.538. The topological polar surface area (TPSA) is 67.2 Å². The molecule has 1 aliphatic rings. The Bertz CT molecular complexity index is 448. The zero-order valence-corrected chi connectivity index (χ0v) is 12.3. The largest absolute Gasteiger partial charge is 0.384 e. The van der Waals surface area contributed by atoms with E-state index >= 15 is 0 Å². The van der Waals surface area contributed by atoms with Crippen LogP contribution in [0.1, 0.15) is 19.3 Å². The van der Waals surface area contributed by atoms with Crippen LogP contribution < -0.4 is 10.6 Å². The molecule has 0 radical (unpaired) electrons. The maximum absolute atomic E-state index is 10.6. The number of hydrogen-bond acceptors (Lipinski definition) is 4. The summed E-state index contributed by atoms with van der Waals surface area (Å²) in [5, 5.41) is 17.4. The second-order valence-electron chi connectivity index (χ2n) is 4.85. The van der Waals surface area contributed by atoms with E-state index in [9.17, 15) is 10.1 Å². The van der Waals surface area contributed by atoms with Gasteiger partial charge in [-0.1, -0.05) is 0 Å². The van der Waals surface area contributed by atoms with Crippen molar-refractivity contribution >= 4 is 27.3 Å². The zero-order chi connectivity index (χ0) is 13.7. The van der Waals surface area contributed by atoms with Crippen molar-refractivity contribution in [2.24, 2.45) is 5.92 Å². The van der Waals surface area contributed by atoms with Crippen molar-refractivity contribution in [3.8, 4) is 0 Å². The standard InChI is InChI=1S/C13H18BrN3O2/c14-12-8-11(17(18)19)3-4-13(12)16-7-5-10-2-1-6-15-9-10/h3-4,8,10,15-16H,1-2,5-7,9H2. The maximum atomic E-state index is 10.6. The first kappa shape index (κ1) is 14.3. The van der Waals surface area contributed by atoms with Gasteiger partial charge in [-0.2, -0.15) is 0 Å². The van der Waals surface area contributed by atoms with Gasteiger partial charge >= 0.3 is 0 Å². The summed E-state index contributed by atoms with van der Waals surface area (Å²) in [6.45, 7) is 3.13. The number of nitro benzene ring substituents is 1. The van der Waals surface area contributed by atoms with E-state index in [1.165, 1.54) is 25.0 Å². The van der Waals surface area contributed by atoms with Crippen LogP contribution >= 0.6 is 15.9 Å². The summed E-state index contributed by atoms with van der Waals surface area (Å²) < 4.78 is 0.739. The average Bonchev–Trinajstić information content (AvgIpc) is 2.41. The van der Waals surface area contributed by atoms with Crippen molar-refractivity contribution in [3.05, 3.63) is 32.8 Å². The smallest absolute Gasteiger partial charge is 0.270 e. The monoisotopic (exact) mass is 327 g/mol. The first-order valence-corrected chi connectivity index (χ1v) is 7.34. The molecule has 1 aromatic carbocycles. The number of nitro groups is 1. The van der Waals surface area contributed by atoms with Crippen molar-refractivity contribution in [1.29, 1.82) is 0 Å². The maximum Gasteiger partial charge on any atom is 0.270 e. The van der Waals surface area contributed by atoms with Crippen LogP contribution in [0.25, 0.3) is 0 Å². The highest BCUT2D eigenvalue weighted by molar-refractivity contribution is 9.10. The highest BCUT2D eigenvalue weighted by Gasteiger charge is 2.13. The minimum atomic E-state index is -0.387. The molecule has 0 amide bonds. The first-order chi connectivity index (χ1) is 9.16. The lowest BCUT2D eigenvalue weighted by Gasteiger charge is -2.22. The van der Waals surface area contributed by atoms with Gasteiger partial charge in [-0.15, -0.1) is 0 Å². The quantitative estimate of drug-likeness (QED) is 0.644. The highest BCUT2D eigenvalue weighted by Crippen LogP contribution is 2.27. The van der Waals surface area contributed by atoms with Crippen molar-refractivity contribution in [1.82, 2.24) is 5.32 Å². The van der Waals surface area contributed by atoms with Crippen LogP contribution in [0.3, 0.4) is 0 Å². The van der Waals surface area contributed by atoms with E-state index in [4.69, 9.17) is 0 Å². The molecule has 1 fully saturated rings. The third kappa shape index (κ3) is 4.18. The summed E-state index contributed by atoms with van der Waals surface area (Å²) in [5.41, 5.74) is 1.02. The van der Waals surface area contributed by atoms with Gasteiger partial charge in [-0.25, -0.2) is 0 Å². The van der Waals surface area contributed by atoms with Crippen LogP contribution in [0.5, 0.6) is 0 Å². The molecule has 1 atom stereocenters. The van der Waals surface area contributed by atoms with Crippen LogP contribution in [0.2, 0.25) is 0 Å². The summed E-state index contributed by atoms with van der Waals surface area (Å²) in [7, 11) is 0. The van der Waals surface area contributed by atoms with Crippen molar-refractivity contribution in [2.75, 3.05) is 25.0 Å². The molecule has 1 saturated heterocycles. The van der Waals surface area contributed by atoms with Gasteiger partial charge in [0.15, 0.2) is 0 Å². The number of halogens is 1. The molecule has 1 aromatic rings. The SMILES string of the molecule is O=[N+]([O-])c1ccc(NCCC2CCCNC2)c(Br)c1. The molecule has 2 rings (SSSR count). The number of anilines is 1. The number of hydrogen-bond donors (Lipinski definition) is 2. The molecular formula is C13H18BrN3O2. The molecule has 1 aliphatic heterocycles. The summed E-state index contributed by atoms with van der Waals surface area (Å²) >= 11 is 3.36. The van der Waals surface area contributed by atoms with E-state index in [1.54, 1.807) is 6.07 Å². The van der Waals surface area contributed by atoms with Gasteiger partial charge in [0.1, 0.15) is 0 Å². The molecule has 5 nitrogen and oxygen atoms in total. The van der Waals surface area contributed by atoms with E-state index in [-0.39, 0.29) is 10.6 Å². The van der Waals surface area contributed by atoms with Gasteiger partial charge in [-0.05, 0) is 60.3 Å². The van der Waals surface area contributed by atoms with Crippen LogP contribution in [-0.4, -0.2) is 24.6 Å². The summed E-state index contributed by atoms with van der Waals surface area (Å²) in [6.07, 6.45) is 3.67. The van der Waals surface area contributed by atoms with Crippen molar-refractivity contribution in [3.63, 3.8) is 0 Å². The fourth-order valence-corrected chi connectivity index (χ4v) is 2.85. The van der Waals surface area contributed by atoms with Gasteiger partial charge < -0.3 is 10.6 Å². The number of piperidine rings is 1. The molecule has 2 N–H and O–H groups in total. The Morgan fingerprint density at radius 3 is 3.00 bits per heavy atom. The zero-order valence-electron chi connectivity index (χ0n) is 10.7. The Kier molecular flexibility index (Phi) is 5.15. The van der Waals surface area contributed by atoms with Crippen LogP contribution in [0.4, 0.5) is 11.4 Å². The Morgan fingerprint density at radius 1 is 1.53 bits per heavy atom. The molecule has 0 spiro atoms. The van der Waals surface area contributed by atoms with Gasteiger partial charge in [0.25, 0.3) is 5.69 Å². The molecule has 6 heteroatoms. The third-order valence-corrected chi connectivity index (χ3v) is 4.09. The average molecular weight is 328 g/mol. The van der Waals surface area contributed by atoms with Gasteiger partial charge in [0, 0.05) is 28.8 Å². The van der Waals surface area contributed by atoms with E-state index in [2.05, 4.69) is 26.6 Å². The highest BCUT2D eigenvalue weighted by atomic mass is 79.9. The third-order valence-electron chi connectivity index (χ3n) is 3.43. The Balaban J connectivity index is 1.83. The Labute approximate surface area is 121 Å². The molecule has 0 aliphatic carbocycles. The normalized spacial score (nSPS) is 19.1. The lowest BCUT2D eigenvalue weighted by molar-refractivity contribution is -0.384. The van der Waals surface area contributed by atoms with Crippen LogP contribution in [-0.2, 0) is 0 Å². The van der Waals surface area contributed by atoms with Crippen molar-refractivity contribution < 1.29 is 4.92 Å². The summed E-state index contributed by atoms with van der Waals surface area (Å²) in [6, 6.07) is 4.81. The number of rotatable bonds is 5. The lowest BCUT2D eigenvalue weighted by Crippen LogP contribution is -2.30. The Hall–Kier alpha value is -1.14. The second-order valence-corrected chi connectivity index (χ2v) is 5.70. The predicted octanol–water partition coefficient (Wildman–Crippen LogP) is 3.16. The van der Waals surface area contributed by atoms with E-state index in [0.717, 1.165) is 42.1 Å². The fourth-order valence-electron chi connectivity index (χ4n) is 2.34. The van der Waals surface area contributed by atoms with Crippen LogP contribution in [0, 0.1) is 16.0 Å². The number of non-ortho nitro benzene ring substituents is 1. The predicted molar refractivity (Wildman–Crippen MR) is 79.5 cm³/mol. The second kappa shape index (κ2) is 6.86. The summed E-state index contributed by atoms with van der Waals surface area (Å²) in [4.78, 5) is 10.3. The first-order valence-electron chi connectivity index (χ1n) is 6.55. The number of nitrogens with one attached hydrogen (secondary N) is 2. The molecule has 104 valence electrons. The molecular weight excluding hydrogens is 310 g/mol. The van der Waals surface area contributed by atoms with E-state index in [0.29, 0.717) is 0 Å². The van der Waals surface area contributed by atoms with E-state index < -0.39 is 0 Å². The molecule has 19 heavy (non-hydrogen) atoms. The molecule has 1 unspecified atom stereocenters. The van der Waals surface area contributed by atoms with Gasteiger partial charge in [0.05, 0.1) is 4.92 Å². The lowest BCUT2D eigenvalue weighted by atomic mass is 9.96. The number of benzene rings is 1. The van der Waals surface area contributed by atoms with Gasteiger partial charge in [0.2, 0.25) is 0 Å². The number of nitrogens with zero attached hydrogens (tertiary/aromatic N) is 1. The van der Waals surface area contributed by atoms with Gasteiger partial charge in [-0.3, -0.25) is 10.1 Å². The Morgan fingerprint density at radius 2 is 2.37 bits per heavy atom. The minimum Gasteiger partial charge on any atom is -0.384 e. The molecule has 0 saturated carbocycles. The van der Waals surface area contributed by atoms with Crippen LogP contribution in [0.15, 0.2) is 22.7 Å². The summed E-state index contributed by atoms with van der Waals surface area (Å²) in [5.74, 6) is 0.734. The van der Waals surface area contributed by atoms with E-state index in [1.807, 2.05) is 0 Å². The molecule has 0 aromatic heterocycles. The van der Waals surface area contributed by atoms with Crippen molar-refractivity contribution in [2.45, 2.75) is 19.3 Å². The molecule has 1 heterocycles.